The van der Waals surface area contributed by atoms with E-state index in [0.717, 1.165) is 80.9 Å². The van der Waals surface area contributed by atoms with E-state index in [9.17, 15) is 23.3 Å². The van der Waals surface area contributed by atoms with Crippen molar-refractivity contribution in [1.82, 2.24) is 24.6 Å². The van der Waals surface area contributed by atoms with Gasteiger partial charge in [-0.25, -0.2) is 18.1 Å². The van der Waals surface area contributed by atoms with Crippen LogP contribution in [-0.4, -0.2) is 84.5 Å². The smallest absolute Gasteiger partial charge is 0.312 e. The van der Waals surface area contributed by atoms with Crippen molar-refractivity contribution < 1.29 is 22.9 Å². The van der Waals surface area contributed by atoms with Crippen LogP contribution in [0.1, 0.15) is 123 Å². The Morgan fingerprint density at radius 1 is 0.894 bits per heavy atom. The number of amides is 1. The second-order valence-electron chi connectivity index (χ2n) is 19.7. The molecule has 3 aromatic heterocycles. The number of carbonyl (C=O) groups is 1. The van der Waals surface area contributed by atoms with Gasteiger partial charge in [0, 0.05) is 61.6 Å². The first-order valence-corrected chi connectivity index (χ1v) is 25.7. The normalized spacial score (nSPS) is 21.5. The lowest BCUT2D eigenvalue weighted by molar-refractivity contribution is -0.384. The SMILES string of the molecule is O=C(NS(=O)(=O)c1cnc(NCC2CCCCC2)c([N+](=O)[O-])c1)c1ccc(N2CCC3(CC2)CC(N2CCC[C@@H]2c2ccccc2C2CC2)C3)cc1N1CCCOc2nc3[nH]ccc3cc21. The highest BCUT2D eigenvalue weighted by atomic mass is 32.2. The molecular formula is C50H59N9O6S. The number of rotatable bonds is 12. The Balaban J connectivity index is 0.839. The van der Waals surface area contributed by atoms with Crippen LogP contribution in [0.25, 0.3) is 11.0 Å². The van der Waals surface area contributed by atoms with Crippen molar-refractivity contribution in [1.29, 1.82) is 0 Å². The number of nitrogens with zero attached hydrogens (tertiary/aromatic N) is 6. The number of H-pyrrole nitrogens is 1. The van der Waals surface area contributed by atoms with Gasteiger partial charge in [0.1, 0.15) is 16.2 Å². The van der Waals surface area contributed by atoms with Crippen LogP contribution in [0.2, 0.25) is 0 Å². The molecular weight excluding hydrogens is 855 g/mol. The number of anilines is 4. The Morgan fingerprint density at radius 3 is 2.48 bits per heavy atom. The summed E-state index contributed by atoms with van der Waals surface area (Å²) in [5.41, 5.74) is 5.95. The maximum absolute atomic E-state index is 14.4. The molecule has 1 spiro atoms. The lowest BCUT2D eigenvalue weighted by Gasteiger charge is -2.56. The van der Waals surface area contributed by atoms with Gasteiger partial charge in [0.15, 0.2) is 0 Å². The molecule has 6 aliphatic rings. The maximum Gasteiger partial charge on any atom is 0.312 e. The molecule has 0 unspecified atom stereocenters. The molecule has 0 radical (unpaired) electrons. The van der Waals surface area contributed by atoms with Crippen molar-refractivity contribution in [2.45, 2.75) is 113 Å². The molecule has 11 rings (SSSR count). The minimum Gasteiger partial charge on any atom is -0.476 e. The second kappa shape index (κ2) is 17.5. The van der Waals surface area contributed by atoms with Crippen molar-refractivity contribution >= 4 is 55.5 Å². The first-order chi connectivity index (χ1) is 32.1. The molecule has 15 nitrogen and oxygen atoms in total. The number of piperidine rings is 1. The number of sulfonamides is 1. The van der Waals surface area contributed by atoms with Crippen LogP contribution in [0.15, 0.2) is 78.0 Å². The molecule has 3 saturated carbocycles. The fourth-order valence-electron chi connectivity index (χ4n) is 11.8. The number of nitro groups is 1. The van der Waals surface area contributed by atoms with Crippen LogP contribution in [0.3, 0.4) is 0 Å². The fourth-order valence-corrected chi connectivity index (χ4v) is 12.8. The molecule has 346 valence electrons. The minimum absolute atomic E-state index is 0.00667. The number of nitrogens with one attached hydrogen (secondary N) is 3. The van der Waals surface area contributed by atoms with E-state index in [1.54, 1.807) is 17.2 Å². The molecule has 2 aromatic carbocycles. The summed E-state index contributed by atoms with van der Waals surface area (Å²) in [4.78, 5) is 44.8. The van der Waals surface area contributed by atoms with E-state index in [1.165, 1.54) is 51.5 Å². The lowest BCUT2D eigenvalue weighted by Crippen LogP contribution is -2.55. The van der Waals surface area contributed by atoms with Crippen molar-refractivity contribution in [3.63, 3.8) is 0 Å². The van der Waals surface area contributed by atoms with Crippen LogP contribution in [0, 0.1) is 21.4 Å². The van der Waals surface area contributed by atoms with Crippen LogP contribution < -0.4 is 24.6 Å². The van der Waals surface area contributed by atoms with Gasteiger partial charge < -0.3 is 24.8 Å². The third-order valence-corrected chi connectivity index (χ3v) is 16.9. The van der Waals surface area contributed by atoms with E-state index < -0.39 is 31.4 Å². The monoisotopic (exact) mass is 913 g/mol. The highest BCUT2D eigenvalue weighted by molar-refractivity contribution is 7.90. The molecule has 16 heteroatoms. The Kier molecular flexibility index (Phi) is 11.4. The Hall–Kier alpha value is -5.74. The van der Waals surface area contributed by atoms with E-state index >= 15 is 0 Å². The van der Waals surface area contributed by atoms with Crippen molar-refractivity contribution in [3.05, 3.63) is 99.9 Å². The second-order valence-corrected chi connectivity index (χ2v) is 21.4. The summed E-state index contributed by atoms with van der Waals surface area (Å²) in [7, 11) is -4.59. The van der Waals surface area contributed by atoms with E-state index in [-0.39, 0.29) is 11.4 Å². The van der Waals surface area contributed by atoms with E-state index in [1.807, 2.05) is 35.4 Å². The van der Waals surface area contributed by atoms with Gasteiger partial charge in [0.05, 0.1) is 29.0 Å². The molecule has 3 aliphatic heterocycles. The number of ether oxygens (including phenoxy) is 1. The van der Waals surface area contributed by atoms with Gasteiger partial charge in [0.25, 0.3) is 15.9 Å². The van der Waals surface area contributed by atoms with Crippen molar-refractivity contribution in [2.24, 2.45) is 11.3 Å². The zero-order valence-electron chi connectivity index (χ0n) is 37.4. The average Bonchev–Trinajstić information content (AvgIpc) is 3.95. The molecule has 1 amide bonds. The van der Waals surface area contributed by atoms with Crippen molar-refractivity contribution in [3.8, 4) is 5.88 Å². The number of aromatic nitrogens is 3. The van der Waals surface area contributed by atoms with Gasteiger partial charge in [-0.3, -0.25) is 19.8 Å². The Morgan fingerprint density at radius 2 is 1.70 bits per heavy atom. The van der Waals surface area contributed by atoms with E-state index in [2.05, 4.69) is 54.1 Å². The first-order valence-electron chi connectivity index (χ1n) is 24.2. The lowest BCUT2D eigenvalue weighted by atomic mass is 9.59. The predicted octanol–water partition coefficient (Wildman–Crippen LogP) is 9.36. The number of aromatic amines is 1. The Bertz CT molecular complexity index is 2750. The zero-order valence-corrected chi connectivity index (χ0v) is 38.2. The van der Waals surface area contributed by atoms with Crippen LogP contribution in [0.4, 0.5) is 28.6 Å². The largest absolute Gasteiger partial charge is 0.476 e. The molecule has 3 N–H and O–H groups in total. The number of pyridine rings is 2. The van der Waals surface area contributed by atoms with Crippen LogP contribution in [-0.2, 0) is 10.0 Å². The number of fused-ring (bicyclic) bond motifs is 2. The number of benzene rings is 2. The summed E-state index contributed by atoms with van der Waals surface area (Å²) in [6.07, 6.45) is 18.7. The first kappa shape index (κ1) is 42.9. The zero-order chi connectivity index (χ0) is 45.0. The molecule has 66 heavy (non-hydrogen) atoms. The quantitative estimate of drug-likeness (QED) is 0.0799. The van der Waals surface area contributed by atoms with Crippen LogP contribution >= 0.6 is 0 Å². The van der Waals surface area contributed by atoms with Gasteiger partial charge in [-0.2, -0.15) is 4.98 Å². The standard InChI is InChI=1S/C50H59N9O6S/c60-48(55-66(63,64)38-28-44(59(61)62)47(53-32-38)52-31-33-8-2-1-3-9-33)41-16-15-36(27-43(41)58-22-7-25-65-49-45(58)26-35-17-20-51-46(35)54-49)56-23-18-50(19-24-56)29-37(30-50)57-21-6-12-42(57)40-11-5-4-10-39(40)34-13-14-34/h4-5,10-11,15-17,20,26-28,32-34,37,42H,1-3,6-9,12-14,18-19,21-25,29-31H2,(H,51,54)(H,52,53)(H,55,60)/t42-/m1/s1. The average molecular weight is 914 g/mol. The van der Waals surface area contributed by atoms with Gasteiger partial charge in [-0.15, -0.1) is 0 Å². The van der Waals surface area contributed by atoms with Gasteiger partial charge in [-0.1, -0.05) is 43.5 Å². The minimum atomic E-state index is -4.59. The summed E-state index contributed by atoms with van der Waals surface area (Å²) in [5, 5.41) is 16.2. The Labute approximate surface area is 385 Å². The number of likely N-dealkylation sites (tertiary alicyclic amines) is 1. The summed E-state index contributed by atoms with van der Waals surface area (Å²) in [6, 6.07) is 20.8. The van der Waals surface area contributed by atoms with Crippen molar-refractivity contribution in [2.75, 3.05) is 54.4 Å². The predicted molar refractivity (Wildman–Crippen MR) is 254 cm³/mol. The fraction of sp³-hybridized carbons (Fsp3) is 0.500. The topological polar surface area (TPSA) is 179 Å². The maximum atomic E-state index is 14.4. The molecule has 1 atom stereocenters. The number of hydrogen-bond donors (Lipinski definition) is 3. The summed E-state index contributed by atoms with van der Waals surface area (Å²) in [5.74, 6) is 0.674. The summed E-state index contributed by atoms with van der Waals surface area (Å²) < 4.78 is 36.3. The summed E-state index contributed by atoms with van der Waals surface area (Å²) >= 11 is 0. The third-order valence-electron chi connectivity index (χ3n) is 15.6. The molecule has 5 aromatic rings. The van der Waals surface area contributed by atoms with Gasteiger partial charge in [-0.05, 0) is 136 Å². The summed E-state index contributed by atoms with van der Waals surface area (Å²) in [6.45, 7) is 4.34. The van der Waals surface area contributed by atoms with E-state index in [4.69, 9.17) is 9.72 Å². The van der Waals surface area contributed by atoms with Gasteiger partial charge in [0.2, 0.25) is 11.7 Å². The van der Waals surface area contributed by atoms with E-state index in [0.29, 0.717) is 72.4 Å². The van der Waals surface area contributed by atoms with Crippen LogP contribution in [0.5, 0.6) is 5.88 Å². The number of carbonyl (C=O) groups excluding carboxylic acids is 1. The molecule has 0 bridgehead atoms. The third kappa shape index (κ3) is 8.35. The highest BCUT2D eigenvalue weighted by Crippen LogP contribution is 2.55. The molecule has 3 aliphatic carbocycles. The molecule has 2 saturated heterocycles. The number of hydrogen-bond acceptors (Lipinski definition) is 12. The molecule has 5 fully saturated rings. The highest BCUT2D eigenvalue weighted by Gasteiger charge is 2.50. The molecule has 6 heterocycles. The van der Waals surface area contributed by atoms with Gasteiger partial charge >= 0.3 is 5.69 Å².